The van der Waals surface area contributed by atoms with Crippen molar-refractivity contribution < 1.29 is 19.0 Å². The Bertz CT molecular complexity index is 1150. The molecular formula is C27H35ClN4O4. The number of amides is 1. The lowest BCUT2D eigenvalue weighted by molar-refractivity contribution is 0.102. The van der Waals surface area contributed by atoms with Crippen LogP contribution < -0.4 is 19.5 Å². The fourth-order valence-corrected chi connectivity index (χ4v) is 3.24. The second-order valence-electron chi connectivity index (χ2n) is 8.37. The molecule has 0 fully saturated rings. The molecule has 1 aromatic heterocycles. The Morgan fingerprint density at radius 3 is 2.11 bits per heavy atom. The third-order valence-corrected chi connectivity index (χ3v) is 5.82. The Labute approximate surface area is 218 Å². The van der Waals surface area contributed by atoms with Crippen molar-refractivity contribution in [2.45, 2.75) is 26.7 Å². The predicted octanol–water partition coefficient (Wildman–Crippen LogP) is 5.51. The molecule has 0 saturated heterocycles. The predicted molar refractivity (Wildman–Crippen MR) is 144 cm³/mol. The molecule has 2 aromatic carbocycles. The van der Waals surface area contributed by atoms with Crippen molar-refractivity contribution in [3.63, 3.8) is 0 Å². The number of halogens is 1. The normalized spacial score (nSPS) is 10.0. The molecule has 1 amide bonds. The van der Waals surface area contributed by atoms with Crippen molar-refractivity contribution >= 4 is 23.3 Å². The van der Waals surface area contributed by atoms with Crippen LogP contribution >= 0.6 is 11.6 Å². The van der Waals surface area contributed by atoms with E-state index in [2.05, 4.69) is 15.5 Å². The molecule has 3 rings (SSSR count). The van der Waals surface area contributed by atoms with E-state index in [1.165, 1.54) is 0 Å². The van der Waals surface area contributed by atoms with E-state index in [-0.39, 0.29) is 5.91 Å². The molecule has 0 saturated carbocycles. The van der Waals surface area contributed by atoms with Crippen LogP contribution in [-0.2, 0) is 12.8 Å². The molecule has 9 heteroatoms. The van der Waals surface area contributed by atoms with E-state index in [0.29, 0.717) is 17.1 Å². The lowest BCUT2D eigenvalue weighted by atomic mass is 10.1. The summed E-state index contributed by atoms with van der Waals surface area (Å²) in [5.74, 6) is 2.38. The quantitative estimate of drug-likeness (QED) is 0.366. The molecule has 1 heterocycles. The second-order valence-corrected chi connectivity index (χ2v) is 8.73. The van der Waals surface area contributed by atoms with Crippen LogP contribution in [0.2, 0.25) is 0 Å². The number of benzene rings is 2. The summed E-state index contributed by atoms with van der Waals surface area (Å²) in [5.41, 5.74) is 3.67. The van der Waals surface area contributed by atoms with Gasteiger partial charge in [0.15, 0.2) is 5.82 Å². The molecule has 0 aliphatic rings. The van der Waals surface area contributed by atoms with Crippen molar-refractivity contribution in [2.75, 3.05) is 40.7 Å². The first-order valence-corrected chi connectivity index (χ1v) is 11.8. The van der Waals surface area contributed by atoms with E-state index in [0.717, 1.165) is 46.3 Å². The number of H-pyrrole nitrogens is 1. The number of nitrogens with one attached hydrogen (secondary N) is 2. The molecular weight excluding hydrogens is 480 g/mol. The van der Waals surface area contributed by atoms with Crippen molar-refractivity contribution in [1.29, 1.82) is 0 Å². The summed E-state index contributed by atoms with van der Waals surface area (Å²) in [6.45, 7) is 3.98. The molecule has 0 aliphatic heterocycles. The minimum Gasteiger partial charge on any atom is -0.497 e. The summed E-state index contributed by atoms with van der Waals surface area (Å²) in [4.78, 5) is 14.2. The van der Waals surface area contributed by atoms with Crippen LogP contribution in [0.25, 0.3) is 0 Å². The zero-order valence-electron chi connectivity index (χ0n) is 21.9. The Balaban J connectivity index is 0.000000493. The van der Waals surface area contributed by atoms with Crippen LogP contribution in [0.3, 0.4) is 0 Å². The van der Waals surface area contributed by atoms with Crippen molar-refractivity contribution in [3.05, 3.63) is 76.1 Å². The van der Waals surface area contributed by atoms with Gasteiger partial charge in [0.05, 0.1) is 21.3 Å². The van der Waals surface area contributed by atoms with Gasteiger partial charge in [0.25, 0.3) is 5.91 Å². The molecule has 0 bridgehead atoms. The molecule has 0 radical (unpaired) electrons. The monoisotopic (exact) mass is 514 g/mol. The number of hydrogen-bond acceptors (Lipinski definition) is 6. The van der Waals surface area contributed by atoms with Crippen LogP contribution in [0.1, 0.15) is 35.5 Å². The summed E-state index contributed by atoms with van der Waals surface area (Å²) < 4.78 is 15.7. The number of aryl methyl sites for hydroxylation is 2. The van der Waals surface area contributed by atoms with Gasteiger partial charge in [-0.25, -0.2) is 0 Å². The number of allylic oxidation sites excluding steroid dienone is 1. The average molecular weight is 515 g/mol. The van der Waals surface area contributed by atoms with E-state index in [4.69, 9.17) is 25.8 Å². The Kier molecular flexibility index (Phi) is 11.1. The fourth-order valence-electron chi connectivity index (χ4n) is 3.24. The van der Waals surface area contributed by atoms with Gasteiger partial charge in [-0.15, -0.1) is 0 Å². The second kappa shape index (κ2) is 14.0. The molecule has 0 unspecified atom stereocenters. The number of nitrogens with zero attached hydrogens (tertiary/aromatic N) is 2. The Morgan fingerprint density at radius 1 is 0.944 bits per heavy atom. The lowest BCUT2D eigenvalue weighted by Gasteiger charge is -2.11. The van der Waals surface area contributed by atoms with E-state index in [1.54, 1.807) is 45.6 Å². The maximum atomic E-state index is 12.4. The molecule has 0 atom stereocenters. The fraction of sp³-hybridized carbons (Fsp3) is 0.333. The zero-order chi connectivity index (χ0) is 26.7. The number of carbonyl (C=O) groups excluding carboxylic acids is 1. The number of hydrogen-bond donors (Lipinski definition) is 2. The third kappa shape index (κ3) is 8.85. The number of rotatable bonds is 9. The maximum Gasteiger partial charge on any atom is 0.256 e. The van der Waals surface area contributed by atoms with Gasteiger partial charge in [0, 0.05) is 37.5 Å². The Hall–Kier alpha value is -3.65. The highest BCUT2D eigenvalue weighted by molar-refractivity contribution is 6.29. The topological polar surface area (TPSA) is 88.7 Å². The first kappa shape index (κ1) is 28.6. The summed E-state index contributed by atoms with van der Waals surface area (Å²) in [6, 6.07) is 14.6. The van der Waals surface area contributed by atoms with Crippen LogP contribution in [0.15, 0.2) is 59.3 Å². The first-order chi connectivity index (χ1) is 17.2. The number of carbonyl (C=O) groups is 1. The molecule has 0 spiro atoms. The van der Waals surface area contributed by atoms with E-state index < -0.39 is 0 Å². The molecule has 3 aromatic rings. The standard InChI is InChI=1S/C21H23N3O4.C6H12ClN/c1-26-17-6-4-5-15(11-17)21(25)22-20-12-16(23-24-20)8-7-14-9-18(27-2)13-19(10-14)28-3;1-5(2)6(7)8(3)4/h4-6,9-13H,7-8H2,1-3H3,(H2,22,23,24,25);1-4H3. The van der Waals surface area contributed by atoms with Gasteiger partial charge in [0.2, 0.25) is 0 Å². The maximum absolute atomic E-state index is 12.4. The summed E-state index contributed by atoms with van der Waals surface area (Å²) in [5, 5.41) is 10.7. The van der Waals surface area contributed by atoms with E-state index in [9.17, 15) is 4.79 Å². The molecule has 194 valence electrons. The van der Waals surface area contributed by atoms with Gasteiger partial charge in [-0.1, -0.05) is 17.7 Å². The van der Waals surface area contributed by atoms with Crippen molar-refractivity contribution in [1.82, 2.24) is 15.1 Å². The minimum atomic E-state index is -0.241. The van der Waals surface area contributed by atoms with Gasteiger partial charge in [-0.05, 0) is 68.2 Å². The lowest BCUT2D eigenvalue weighted by Crippen LogP contribution is -2.12. The smallest absolute Gasteiger partial charge is 0.256 e. The van der Waals surface area contributed by atoms with Crippen molar-refractivity contribution in [3.8, 4) is 17.2 Å². The Morgan fingerprint density at radius 2 is 1.58 bits per heavy atom. The van der Waals surface area contributed by atoms with Crippen molar-refractivity contribution in [2.24, 2.45) is 0 Å². The minimum absolute atomic E-state index is 0.241. The highest BCUT2D eigenvalue weighted by Crippen LogP contribution is 2.23. The van der Waals surface area contributed by atoms with Crippen LogP contribution in [0.4, 0.5) is 5.82 Å². The van der Waals surface area contributed by atoms with Gasteiger partial charge in [0.1, 0.15) is 22.4 Å². The zero-order valence-corrected chi connectivity index (χ0v) is 22.7. The highest BCUT2D eigenvalue weighted by Gasteiger charge is 2.10. The number of aromatic nitrogens is 2. The van der Waals surface area contributed by atoms with Crippen LogP contribution in [-0.4, -0.2) is 56.4 Å². The largest absolute Gasteiger partial charge is 0.497 e. The van der Waals surface area contributed by atoms with Gasteiger partial charge < -0.3 is 24.4 Å². The first-order valence-electron chi connectivity index (χ1n) is 11.4. The molecule has 36 heavy (non-hydrogen) atoms. The molecule has 8 nitrogen and oxygen atoms in total. The van der Waals surface area contributed by atoms with Crippen LogP contribution in [0.5, 0.6) is 17.2 Å². The molecule has 0 aliphatic carbocycles. The van der Waals surface area contributed by atoms with Crippen LogP contribution in [0, 0.1) is 0 Å². The molecule has 2 N–H and O–H groups in total. The number of aromatic amines is 1. The van der Waals surface area contributed by atoms with Gasteiger partial charge in [-0.3, -0.25) is 9.89 Å². The summed E-state index contributed by atoms with van der Waals surface area (Å²) in [6.07, 6.45) is 1.51. The third-order valence-electron chi connectivity index (χ3n) is 5.10. The van der Waals surface area contributed by atoms with E-state index in [1.807, 2.05) is 57.1 Å². The highest BCUT2D eigenvalue weighted by atomic mass is 35.5. The van der Waals surface area contributed by atoms with E-state index >= 15 is 0 Å². The summed E-state index contributed by atoms with van der Waals surface area (Å²) >= 11 is 5.76. The average Bonchev–Trinajstić information content (AvgIpc) is 3.34. The SMILES string of the molecule is CC(C)=C(Cl)N(C)C.COc1cc(CCc2cc(NC(=O)c3cccc(OC)c3)n[nH]2)cc(OC)c1. The number of anilines is 1. The summed E-state index contributed by atoms with van der Waals surface area (Å²) in [7, 11) is 8.68. The van der Waals surface area contributed by atoms with Gasteiger partial charge in [-0.2, -0.15) is 5.10 Å². The van der Waals surface area contributed by atoms with Gasteiger partial charge >= 0.3 is 0 Å². The number of ether oxygens (including phenoxy) is 3. The number of methoxy groups -OCH3 is 3.